The molecule has 1 heterocycles. The highest BCUT2D eigenvalue weighted by molar-refractivity contribution is 5.64. The fourth-order valence-electron chi connectivity index (χ4n) is 1.75. The van der Waals surface area contributed by atoms with Gasteiger partial charge < -0.3 is 5.11 Å². The fourth-order valence-corrected chi connectivity index (χ4v) is 1.75. The molecule has 0 unspecified atom stereocenters. The second-order valence-electron chi connectivity index (χ2n) is 3.54. The number of rotatable bonds is 2. The van der Waals surface area contributed by atoms with E-state index in [1.807, 2.05) is 29.9 Å². The standard InChI is InChI=1S/C12H14N2O/c1-3-14-12(9(2)8-13-14)10-5-4-6-11(15)7-10/h4-8,15H,3H2,1-2H3. The molecule has 0 spiro atoms. The Morgan fingerprint density at radius 3 is 2.87 bits per heavy atom. The molecule has 3 heteroatoms. The lowest BCUT2D eigenvalue weighted by molar-refractivity contribution is 0.475. The molecule has 0 fully saturated rings. The fraction of sp³-hybridized carbons (Fsp3) is 0.250. The van der Waals surface area contributed by atoms with Crippen LogP contribution in [0.5, 0.6) is 5.75 Å². The molecule has 0 bridgehead atoms. The van der Waals surface area contributed by atoms with Gasteiger partial charge in [0.05, 0.1) is 11.9 Å². The SMILES string of the molecule is CCn1ncc(C)c1-c1cccc(O)c1. The Hall–Kier alpha value is -1.77. The average Bonchev–Trinajstić information content (AvgIpc) is 2.59. The van der Waals surface area contributed by atoms with Crippen molar-refractivity contribution in [2.45, 2.75) is 20.4 Å². The lowest BCUT2D eigenvalue weighted by atomic mass is 10.1. The first-order valence-corrected chi connectivity index (χ1v) is 5.04. The minimum atomic E-state index is 0.288. The molecule has 0 amide bonds. The number of phenols is 1. The summed E-state index contributed by atoms with van der Waals surface area (Å²) in [7, 11) is 0. The molecule has 0 saturated heterocycles. The van der Waals surface area contributed by atoms with E-state index in [0.717, 1.165) is 23.4 Å². The maximum Gasteiger partial charge on any atom is 0.116 e. The van der Waals surface area contributed by atoms with Crippen LogP contribution in [0.1, 0.15) is 12.5 Å². The first-order chi connectivity index (χ1) is 7.22. The normalized spacial score (nSPS) is 10.5. The second kappa shape index (κ2) is 3.77. The van der Waals surface area contributed by atoms with Crippen molar-refractivity contribution < 1.29 is 5.11 Å². The smallest absolute Gasteiger partial charge is 0.116 e. The second-order valence-corrected chi connectivity index (χ2v) is 3.54. The molecule has 15 heavy (non-hydrogen) atoms. The van der Waals surface area contributed by atoms with E-state index in [2.05, 4.69) is 12.0 Å². The third kappa shape index (κ3) is 1.73. The van der Waals surface area contributed by atoms with Gasteiger partial charge in [-0.15, -0.1) is 0 Å². The quantitative estimate of drug-likeness (QED) is 0.812. The van der Waals surface area contributed by atoms with Gasteiger partial charge in [-0.2, -0.15) is 5.10 Å². The summed E-state index contributed by atoms with van der Waals surface area (Å²) in [6, 6.07) is 7.26. The first-order valence-electron chi connectivity index (χ1n) is 5.04. The van der Waals surface area contributed by atoms with Gasteiger partial charge in [0, 0.05) is 12.1 Å². The van der Waals surface area contributed by atoms with Gasteiger partial charge >= 0.3 is 0 Å². The van der Waals surface area contributed by atoms with Crippen LogP contribution < -0.4 is 0 Å². The van der Waals surface area contributed by atoms with Crippen molar-refractivity contribution in [2.24, 2.45) is 0 Å². The number of hydrogen-bond acceptors (Lipinski definition) is 2. The minimum Gasteiger partial charge on any atom is -0.508 e. The number of aromatic hydroxyl groups is 1. The van der Waals surface area contributed by atoms with E-state index in [-0.39, 0.29) is 5.75 Å². The van der Waals surface area contributed by atoms with Crippen LogP contribution in [0.25, 0.3) is 11.3 Å². The van der Waals surface area contributed by atoms with Crippen LogP contribution in [0, 0.1) is 6.92 Å². The van der Waals surface area contributed by atoms with Crippen molar-refractivity contribution in [3.63, 3.8) is 0 Å². The third-order valence-electron chi connectivity index (χ3n) is 2.44. The number of aryl methyl sites for hydroxylation is 2. The molecule has 0 aliphatic carbocycles. The van der Waals surface area contributed by atoms with E-state index in [1.165, 1.54) is 0 Å². The molecule has 2 rings (SSSR count). The summed E-state index contributed by atoms with van der Waals surface area (Å²) in [6.07, 6.45) is 1.85. The van der Waals surface area contributed by atoms with Crippen molar-refractivity contribution in [2.75, 3.05) is 0 Å². The zero-order valence-electron chi connectivity index (χ0n) is 8.94. The highest BCUT2D eigenvalue weighted by Gasteiger charge is 2.08. The molecule has 78 valence electrons. The molecular weight excluding hydrogens is 188 g/mol. The summed E-state index contributed by atoms with van der Waals surface area (Å²) in [5.74, 6) is 0.288. The van der Waals surface area contributed by atoms with E-state index in [1.54, 1.807) is 12.1 Å². The van der Waals surface area contributed by atoms with Gasteiger partial charge in [-0.1, -0.05) is 12.1 Å². The van der Waals surface area contributed by atoms with Crippen molar-refractivity contribution >= 4 is 0 Å². The Balaban J connectivity index is 2.57. The molecule has 0 radical (unpaired) electrons. The molecule has 1 aromatic heterocycles. The molecule has 1 N–H and O–H groups in total. The predicted molar refractivity (Wildman–Crippen MR) is 59.7 cm³/mol. The minimum absolute atomic E-state index is 0.288. The van der Waals surface area contributed by atoms with E-state index in [9.17, 15) is 5.11 Å². The summed E-state index contributed by atoms with van der Waals surface area (Å²) in [4.78, 5) is 0. The van der Waals surface area contributed by atoms with Gasteiger partial charge in [0.25, 0.3) is 0 Å². The number of benzene rings is 1. The Morgan fingerprint density at radius 1 is 1.40 bits per heavy atom. The van der Waals surface area contributed by atoms with Gasteiger partial charge in [0.2, 0.25) is 0 Å². The number of hydrogen-bond donors (Lipinski definition) is 1. The molecule has 1 aromatic carbocycles. The zero-order valence-corrected chi connectivity index (χ0v) is 8.94. The lowest BCUT2D eigenvalue weighted by Gasteiger charge is -2.06. The molecule has 2 aromatic rings. The molecule has 0 aliphatic rings. The van der Waals surface area contributed by atoms with Crippen LogP contribution in [0.15, 0.2) is 30.5 Å². The maximum absolute atomic E-state index is 9.44. The van der Waals surface area contributed by atoms with E-state index >= 15 is 0 Å². The molecule has 0 atom stereocenters. The van der Waals surface area contributed by atoms with Crippen LogP contribution in [0.3, 0.4) is 0 Å². The average molecular weight is 202 g/mol. The van der Waals surface area contributed by atoms with Crippen LogP contribution in [0.2, 0.25) is 0 Å². The first kappa shape index (κ1) is 9.77. The van der Waals surface area contributed by atoms with E-state index in [4.69, 9.17) is 0 Å². The van der Waals surface area contributed by atoms with Gasteiger partial charge in [-0.25, -0.2) is 0 Å². The van der Waals surface area contributed by atoms with Crippen molar-refractivity contribution in [1.82, 2.24) is 9.78 Å². The molecule has 3 nitrogen and oxygen atoms in total. The molecular formula is C12H14N2O. The number of nitrogens with zero attached hydrogens (tertiary/aromatic N) is 2. The lowest BCUT2D eigenvalue weighted by Crippen LogP contribution is -1.99. The zero-order chi connectivity index (χ0) is 10.8. The Kier molecular flexibility index (Phi) is 2.46. The third-order valence-corrected chi connectivity index (χ3v) is 2.44. The van der Waals surface area contributed by atoms with Gasteiger partial charge in [-0.3, -0.25) is 4.68 Å². The van der Waals surface area contributed by atoms with Crippen molar-refractivity contribution in [3.8, 4) is 17.0 Å². The van der Waals surface area contributed by atoms with Crippen LogP contribution in [-0.4, -0.2) is 14.9 Å². The van der Waals surface area contributed by atoms with Crippen molar-refractivity contribution in [1.29, 1.82) is 0 Å². The summed E-state index contributed by atoms with van der Waals surface area (Å²) < 4.78 is 1.93. The Labute approximate surface area is 89.0 Å². The molecule has 0 aliphatic heterocycles. The van der Waals surface area contributed by atoms with E-state index < -0.39 is 0 Å². The van der Waals surface area contributed by atoms with Crippen LogP contribution in [-0.2, 0) is 6.54 Å². The van der Waals surface area contributed by atoms with Crippen LogP contribution >= 0.6 is 0 Å². The highest BCUT2D eigenvalue weighted by atomic mass is 16.3. The van der Waals surface area contributed by atoms with Gasteiger partial charge in [0.1, 0.15) is 5.75 Å². The number of aromatic nitrogens is 2. The highest BCUT2D eigenvalue weighted by Crippen LogP contribution is 2.25. The Morgan fingerprint density at radius 2 is 2.20 bits per heavy atom. The van der Waals surface area contributed by atoms with Gasteiger partial charge in [-0.05, 0) is 31.5 Å². The van der Waals surface area contributed by atoms with E-state index in [0.29, 0.717) is 0 Å². The Bertz CT molecular complexity index is 474. The maximum atomic E-state index is 9.44. The summed E-state index contributed by atoms with van der Waals surface area (Å²) in [5.41, 5.74) is 3.21. The largest absolute Gasteiger partial charge is 0.508 e. The van der Waals surface area contributed by atoms with Crippen molar-refractivity contribution in [3.05, 3.63) is 36.0 Å². The molecule has 0 saturated carbocycles. The summed E-state index contributed by atoms with van der Waals surface area (Å²) in [5, 5.41) is 13.7. The summed E-state index contributed by atoms with van der Waals surface area (Å²) in [6.45, 7) is 4.91. The number of phenolic OH excluding ortho intramolecular Hbond substituents is 1. The predicted octanol–water partition coefficient (Wildman–Crippen LogP) is 2.58. The van der Waals surface area contributed by atoms with Crippen LogP contribution in [0.4, 0.5) is 0 Å². The monoisotopic (exact) mass is 202 g/mol. The topological polar surface area (TPSA) is 38.0 Å². The summed E-state index contributed by atoms with van der Waals surface area (Å²) >= 11 is 0. The van der Waals surface area contributed by atoms with Gasteiger partial charge in [0.15, 0.2) is 0 Å².